The second-order valence-corrected chi connectivity index (χ2v) is 9.98. The Kier molecular flexibility index (Phi) is 11.5. The van der Waals surface area contributed by atoms with Gasteiger partial charge in [-0.25, -0.2) is 0 Å². The Balaban J connectivity index is 1.61. The van der Waals surface area contributed by atoms with Crippen molar-refractivity contribution < 1.29 is 0 Å². The predicted molar refractivity (Wildman–Crippen MR) is 118 cm³/mol. The fourth-order valence-electron chi connectivity index (χ4n) is 5.87. The van der Waals surface area contributed by atoms with Gasteiger partial charge in [0, 0.05) is 5.92 Å². The highest BCUT2D eigenvalue weighted by atomic mass is 14.4. The molecule has 0 bridgehead atoms. The van der Waals surface area contributed by atoms with Crippen LogP contribution in [0.15, 0.2) is 0 Å². The first-order chi connectivity index (χ1) is 13.3. The molecule has 1 nitrogen and oxygen atoms in total. The fourth-order valence-corrected chi connectivity index (χ4v) is 5.87. The summed E-state index contributed by atoms with van der Waals surface area (Å²) >= 11 is 0. The van der Waals surface area contributed by atoms with Crippen LogP contribution in [-0.2, 0) is 0 Å². The van der Waals surface area contributed by atoms with Gasteiger partial charge in [-0.3, -0.25) is 0 Å². The van der Waals surface area contributed by atoms with Crippen LogP contribution in [0.5, 0.6) is 0 Å². The maximum absolute atomic E-state index is 9.81. The van der Waals surface area contributed by atoms with E-state index in [4.69, 9.17) is 0 Å². The van der Waals surface area contributed by atoms with Crippen LogP contribution in [0.3, 0.4) is 0 Å². The predicted octanol–water partition coefficient (Wildman–Crippen LogP) is 8.68. The Hall–Kier alpha value is -0.510. The lowest BCUT2D eigenvalue weighted by atomic mass is 9.70. The molecule has 0 heterocycles. The quantitative estimate of drug-likeness (QED) is 0.314. The summed E-state index contributed by atoms with van der Waals surface area (Å²) in [6.07, 6.45) is 25.1. The summed E-state index contributed by atoms with van der Waals surface area (Å²) in [4.78, 5) is 0. The molecule has 2 aliphatic carbocycles. The van der Waals surface area contributed by atoms with Crippen molar-refractivity contribution in [2.75, 3.05) is 0 Å². The Morgan fingerprint density at radius 2 is 1.19 bits per heavy atom. The minimum Gasteiger partial charge on any atom is -0.198 e. The molecule has 0 N–H and O–H groups in total. The van der Waals surface area contributed by atoms with Gasteiger partial charge in [-0.1, -0.05) is 110 Å². The third-order valence-electron chi connectivity index (χ3n) is 7.86. The van der Waals surface area contributed by atoms with Crippen LogP contribution in [0.25, 0.3) is 0 Å². The van der Waals surface area contributed by atoms with Gasteiger partial charge in [0.1, 0.15) is 0 Å². The van der Waals surface area contributed by atoms with E-state index in [-0.39, 0.29) is 0 Å². The molecule has 156 valence electrons. The molecule has 0 aromatic heterocycles. The maximum atomic E-state index is 9.81. The summed E-state index contributed by atoms with van der Waals surface area (Å²) in [5, 5.41) is 9.81. The lowest BCUT2D eigenvalue weighted by Crippen LogP contribution is -2.24. The summed E-state index contributed by atoms with van der Waals surface area (Å²) in [5.74, 6) is 3.88. The number of nitrogens with zero attached hydrogens (tertiary/aromatic N) is 1. The summed E-state index contributed by atoms with van der Waals surface area (Å²) in [7, 11) is 0. The van der Waals surface area contributed by atoms with E-state index in [1.54, 1.807) is 0 Å². The van der Waals surface area contributed by atoms with Gasteiger partial charge >= 0.3 is 0 Å². The largest absolute Gasteiger partial charge is 0.198 e. The average molecular weight is 374 g/mol. The Morgan fingerprint density at radius 3 is 1.78 bits per heavy atom. The molecular formula is C26H47N. The normalized spacial score (nSPS) is 30.0. The van der Waals surface area contributed by atoms with E-state index in [1.165, 1.54) is 116 Å². The third-order valence-corrected chi connectivity index (χ3v) is 7.86. The van der Waals surface area contributed by atoms with Crippen LogP contribution >= 0.6 is 0 Å². The monoisotopic (exact) mass is 373 g/mol. The van der Waals surface area contributed by atoms with Crippen LogP contribution in [0, 0.1) is 40.9 Å². The SMILES string of the molecule is CCCCCCC[C@H]1CC[C@H](CC(C#N)[C@H]2CC[C@H](CCCC)CC2)CC1. The van der Waals surface area contributed by atoms with Gasteiger partial charge < -0.3 is 0 Å². The van der Waals surface area contributed by atoms with Crippen molar-refractivity contribution in [1.29, 1.82) is 5.26 Å². The van der Waals surface area contributed by atoms with E-state index in [0.717, 1.165) is 17.8 Å². The van der Waals surface area contributed by atoms with Crippen molar-refractivity contribution in [3.63, 3.8) is 0 Å². The highest BCUT2D eigenvalue weighted by molar-refractivity contribution is 4.92. The number of nitriles is 1. The first kappa shape index (κ1) is 22.8. The van der Waals surface area contributed by atoms with Gasteiger partial charge in [-0.05, 0) is 42.9 Å². The van der Waals surface area contributed by atoms with E-state index < -0.39 is 0 Å². The summed E-state index contributed by atoms with van der Waals surface area (Å²) in [6, 6.07) is 2.74. The molecule has 2 saturated carbocycles. The average Bonchev–Trinajstić information content (AvgIpc) is 2.72. The number of hydrogen-bond donors (Lipinski definition) is 0. The topological polar surface area (TPSA) is 23.8 Å². The van der Waals surface area contributed by atoms with E-state index in [0.29, 0.717) is 11.8 Å². The molecule has 2 rings (SSSR count). The van der Waals surface area contributed by atoms with Crippen molar-refractivity contribution in [2.24, 2.45) is 29.6 Å². The van der Waals surface area contributed by atoms with Crippen LogP contribution in [0.1, 0.15) is 129 Å². The van der Waals surface area contributed by atoms with E-state index in [1.807, 2.05) is 0 Å². The molecule has 2 aliphatic rings. The first-order valence-electron chi connectivity index (χ1n) is 12.7. The number of unbranched alkanes of at least 4 members (excludes halogenated alkanes) is 5. The van der Waals surface area contributed by atoms with Crippen LogP contribution in [0.4, 0.5) is 0 Å². The summed E-state index contributed by atoms with van der Waals surface area (Å²) in [6.45, 7) is 4.60. The molecule has 0 radical (unpaired) electrons. The van der Waals surface area contributed by atoms with E-state index >= 15 is 0 Å². The van der Waals surface area contributed by atoms with Crippen molar-refractivity contribution in [3.8, 4) is 6.07 Å². The van der Waals surface area contributed by atoms with Gasteiger partial charge in [-0.15, -0.1) is 0 Å². The zero-order valence-corrected chi connectivity index (χ0v) is 18.6. The van der Waals surface area contributed by atoms with Crippen LogP contribution < -0.4 is 0 Å². The van der Waals surface area contributed by atoms with Crippen molar-refractivity contribution in [1.82, 2.24) is 0 Å². The molecule has 1 atom stereocenters. The number of rotatable bonds is 12. The number of hydrogen-bond acceptors (Lipinski definition) is 1. The third kappa shape index (κ3) is 8.58. The minimum absolute atomic E-state index is 0.354. The van der Waals surface area contributed by atoms with Gasteiger partial charge in [0.15, 0.2) is 0 Å². The first-order valence-corrected chi connectivity index (χ1v) is 12.7. The van der Waals surface area contributed by atoms with E-state index in [2.05, 4.69) is 19.9 Å². The van der Waals surface area contributed by atoms with Gasteiger partial charge in [0.2, 0.25) is 0 Å². The smallest absolute Gasteiger partial charge is 0.0658 e. The molecule has 0 aliphatic heterocycles. The summed E-state index contributed by atoms with van der Waals surface area (Å²) in [5.41, 5.74) is 0. The lowest BCUT2D eigenvalue weighted by Gasteiger charge is -2.34. The zero-order valence-electron chi connectivity index (χ0n) is 18.6. The molecule has 0 saturated heterocycles. The second kappa shape index (κ2) is 13.6. The Bertz CT molecular complexity index is 393. The second-order valence-electron chi connectivity index (χ2n) is 9.98. The molecule has 0 aromatic rings. The molecular weight excluding hydrogens is 326 g/mol. The van der Waals surface area contributed by atoms with Crippen LogP contribution in [-0.4, -0.2) is 0 Å². The fraction of sp³-hybridized carbons (Fsp3) is 0.962. The molecule has 0 spiro atoms. The highest BCUT2D eigenvalue weighted by Crippen LogP contribution is 2.41. The standard InChI is InChI=1S/C26H47N/c1-3-5-7-8-9-11-23-12-14-24(15-13-23)20-26(21-27)25-18-16-22(17-19-25)10-6-4-2/h22-26H,3-20H2,1-2H3/t22-,23-,24-,25-,26?. The molecule has 1 heteroatoms. The Labute approximate surface area is 170 Å². The van der Waals surface area contributed by atoms with Gasteiger partial charge in [0.05, 0.1) is 6.07 Å². The van der Waals surface area contributed by atoms with Crippen molar-refractivity contribution in [2.45, 2.75) is 129 Å². The van der Waals surface area contributed by atoms with Crippen LogP contribution in [0.2, 0.25) is 0 Å². The zero-order chi connectivity index (χ0) is 19.3. The summed E-state index contributed by atoms with van der Waals surface area (Å²) < 4.78 is 0. The molecule has 2 fully saturated rings. The highest BCUT2D eigenvalue weighted by Gasteiger charge is 2.30. The minimum atomic E-state index is 0.354. The molecule has 0 aromatic carbocycles. The van der Waals surface area contributed by atoms with Crippen molar-refractivity contribution >= 4 is 0 Å². The molecule has 27 heavy (non-hydrogen) atoms. The van der Waals surface area contributed by atoms with Gasteiger partial charge in [-0.2, -0.15) is 5.26 Å². The molecule has 1 unspecified atom stereocenters. The lowest BCUT2D eigenvalue weighted by molar-refractivity contribution is 0.177. The van der Waals surface area contributed by atoms with E-state index in [9.17, 15) is 5.26 Å². The van der Waals surface area contributed by atoms with Gasteiger partial charge in [0.25, 0.3) is 0 Å². The van der Waals surface area contributed by atoms with Crippen molar-refractivity contribution in [3.05, 3.63) is 0 Å². The molecule has 0 amide bonds. The maximum Gasteiger partial charge on any atom is 0.0658 e. The Morgan fingerprint density at radius 1 is 0.667 bits per heavy atom.